The van der Waals surface area contributed by atoms with Crippen LogP contribution in [-0.4, -0.2) is 37.5 Å². The zero-order valence-corrected chi connectivity index (χ0v) is 7.21. The third-order valence-electron chi connectivity index (χ3n) is 2.42. The summed E-state index contributed by atoms with van der Waals surface area (Å²) in [5, 5.41) is 2.85. The van der Waals surface area contributed by atoms with Crippen LogP contribution in [0.3, 0.4) is 0 Å². The summed E-state index contributed by atoms with van der Waals surface area (Å²) in [6, 6.07) is 0.919. The number of rotatable bonds is 3. The van der Waals surface area contributed by atoms with E-state index in [9.17, 15) is 4.79 Å². The predicted molar refractivity (Wildman–Crippen MR) is 44.3 cm³/mol. The lowest BCUT2D eigenvalue weighted by atomic mass is 10.1. The number of hydrogen-bond donors (Lipinski definition) is 1. The van der Waals surface area contributed by atoms with Gasteiger partial charge in [0.05, 0.1) is 0 Å². The van der Waals surface area contributed by atoms with Crippen molar-refractivity contribution < 1.29 is 4.79 Å². The van der Waals surface area contributed by atoms with Crippen molar-refractivity contribution in [2.45, 2.75) is 31.3 Å². The first-order valence-corrected chi connectivity index (χ1v) is 4.12. The summed E-state index contributed by atoms with van der Waals surface area (Å²) < 4.78 is 0. The van der Waals surface area contributed by atoms with Crippen molar-refractivity contribution in [2.24, 2.45) is 0 Å². The van der Waals surface area contributed by atoms with Gasteiger partial charge in [0, 0.05) is 12.1 Å². The SMILES string of the molecule is CN(C)C1CCCC1NC=O. The maximum Gasteiger partial charge on any atom is 0.207 e. The van der Waals surface area contributed by atoms with Gasteiger partial charge in [0.1, 0.15) is 0 Å². The van der Waals surface area contributed by atoms with Crippen molar-refractivity contribution in [2.75, 3.05) is 14.1 Å². The molecule has 0 aliphatic heterocycles. The van der Waals surface area contributed by atoms with Crippen LogP contribution >= 0.6 is 0 Å². The fourth-order valence-electron chi connectivity index (χ4n) is 1.84. The van der Waals surface area contributed by atoms with Crippen LogP contribution in [0.2, 0.25) is 0 Å². The van der Waals surface area contributed by atoms with Gasteiger partial charge in [-0.05, 0) is 33.4 Å². The van der Waals surface area contributed by atoms with Crippen LogP contribution in [-0.2, 0) is 4.79 Å². The first-order chi connectivity index (χ1) is 5.25. The first-order valence-electron chi connectivity index (χ1n) is 4.12. The fourth-order valence-corrected chi connectivity index (χ4v) is 1.84. The smallest absolute Gasteiger partial charge is 0.207 e. The molecular formula is C8H16N2O. The molecule has 0 spiro atoms. The van der Waals surface area contributed by atoms with E-state index in [0.717, 1.165) is 12.8 Å². The quantitative estimate of drug-likeness (QED) is 0.593. The highest BCUT2D eigenvalue weighted by Crippen LogP contribution is 2.21. The molecule has 64 valence electrons. The van der Waals surface area contributed by atoms with E-state index in [4.69, 9.17) is 0 Å². The van der Waals surface area contributed by atoms with Crippen molar-refractivity contribution in [3.63, 3.8) is 0 Å². The highest BCUT2D eigenvalue weighted by molar-refractivity contribution is 5.47. The van der Waals surface area contributed by atoms with Gasteiger partial charge in [-0.1, -0.05) is 0 Å². The number of hydrogen-bond acceptors (Lipinski definition) is 2. The van der Waals surface area contributed by atoms with Gasteiger partial charge in [-0.2, -0.15) is 0 Å². The molecule has 0 bridgehead atoms. The van der Waals surface area contributed by atoms with Crippen molar-refractivity contribution in [3.05, 3.63) is 0 Å². The first kappa shape index (κ1) is 8.53. The number of carbonyl (C=O) groups excluding carboxylic acids is 1. The average Bonchev–Trinajstić information content (AvgIpc) is 2.36. The maximum atomic E-state index is 10.2. The van der Waals surface area contributed by atoms with Crippen molar-refractivity contribution >= 4 is 6.41 Å². The van der Waals surface area contributed by atoms with Crippen LogP contribution in [0.5, 0.6) is 0 Å². The molecule has 1 N–H and O–H groups in total. The summed E-state index contributed by atoms with van der Waals surface area (Å²) in [7, 11) is 4.13. The van der Waals surface area contributed by atoms with E-state index in [2.05, 4.69) is 24.3 Å². The fraction of sp³-hybridized carbons (Fsp3) is 0.875. The van der Waals surface area contributed by atoms with Gasteiger partial charge in [-0.25, -0.2) is 0 Å². The summed E-state index contributed by atoms with van der Waals surface area (Å²) >= 11 is 0. The van der Waals surface area contributed by atoms with Gasteiger partial charge in [-0.3, -0.25) is 4.79 Å². The highest BCUT2D eigenvalue weighted by Gasteiger charge is 2.27. The number of amides is 1. The van der Waals surface area contributed by atoms with E-state index < -0.39 is 0 Å². The molecule has 0 heterocycles. The van der Waals surface area contributed by atoms with Gasteiger partial charge < -0.3 is 10.2 Å². The molecule has 1 amide bonds. The zero-order valence-electron chi connectivity index (χ0n) is 7.21. The Labute approximate surface area is 67.8 Å². The molecular weight excluding hydrogens is 140 g/mol. The van der Waals surface area contributed by atoms with Gasteiger partial charge in [0.15, 0.2) is 0 Å². The summed E-state index contributed by atoms with van der Waals surface area (Å²) in [6.07, 6.45) is 4.38. The molecule has 0 saturated heterocycles. The standard InChI is InChI=1S/C8H16N2O/c1-10(2)8-5-3-4-7(8)9-6-11/h6-8H,3-5H2,1-2H3,(H,9,11). The van der Waals surface area contributed by atoms with Gasteiger partial charge in [0.25, 0.3) is 0 Å². The van der Waals surface area contributed by atoms with Gasteiger partial charge in [-0.15, -0.1) is 0 Å². The molecule has 1 aliphatic carbocycles. The third-order valence-corrected chi connectivity index (χ3v) is 2.42. The molecule has 2 unspecified atom stereocenters. The summed E-state index contributed by atoms with van der Waals surface area (Å²) in [6.45, 7) is 0. The highest BCUT2D eigenvalue weighted by atomic mass is 16.1. The Kier molecular flexibility index (Phi) is 2.88. The Morgan fingerprint density at radius 2 is 2.18 bits per heavy atom. The molecule has 1 saturated carbocycles. The van der Waals surface area contributed by atoms with E-state index in [1.165, 1.54) is 12.8 Å². The molecule has 0 radical (unpaired) electrons. The molecule has 0 aromatic carbocycles. The molecule has 3 nitrogen and oxygen atoms in total. The van der Waals surface area contributed by atoms with Crippen LogP contribution in [0, 0.1) is 0 Å². The summed E-state index contributed by atoms with van der Waals surface area (Å²) in [5.74, 6) is 0. The van der Waals surface area contributed by atoms with Crippen LogP contribution < -0.4 is 5.32 Å². The third kappa shape index (κ3) is 1.93. The summed E-state index contributed by atoms with van der Waals surface area (Å²) in [4.78, 5) is 12.4. The van der Waals surface area contributed by atoms with Crippen LogP contribution in [0.1, 0.15) is 19.3 Å². The minimum atomic E-state index is 0.377. The minimum Gasteiger partial charge on any atom is -0.354 e. The van der Waals surface area contributed by atoms with E-state index in [-0.39, 0.29) is 0 Å². The average molecular weight is 156 g/mol. The van der Waals surface area contributed by atoms with Crippen LogP contribution in [0.25, 0.3) is 0 Å². The normalized spacial score (nSPS) is 30.8. The Balaban J connectivity index is 2.43. The molecule has 1 rings (SSSR count). The second-order valence-corrected chi connectivity index (χ2v) is 3.35. The monoisotopic (exact) mass is 156 g/mol. The van der Waals surface area contributed by atoms with E-state index >= 15 is 0 Å². The second-order valence-electron chi connectivity index (χ2n) is 3.35. The Hall–Kier alpha value is -0.570. The number of likely N-dealkylation sites (N-methyl/N-ethyl adjacent to an activating group) is 1. The van der Waals surface area contributed by atoms with E-state index in [0.29, 0.717) is 12.1 Å². The Morgan fingerprint density at radius 1 is 1.45 bits per heavy atom. The van der Waals surface area contributed by atoms with Crippen molar-refractivity contribution in [3.8, 4) is 0 Å². The van der Waals surface area contributed by atoms with Crippen molar-refractivity contribution in [1.29, 1.82) is 0 Å². The Bertz CT molecular complexity index is 136. The number of nitrogens with zero attached hydrogens (tertiary/aromatic N) is 1. The molecule has 1 aliphatic rings. The lowest BCUT2D eigenvalue weighted by Gasteiger charge is -2.25. The van der Waals surface area contributed by atoms with Gasteiger partial charge in [0.2, 0.25) is 6.41 Å². The number of carbonyl (C=O) groups is 1. The molecule has 2 atom stereocenters. The largest absolute Gasteiger partial charge is 0.354 e. The lowest BCUT2D eigenvalue weighted by Crippen LogP contribution is -2.42. The molecule has 0 aromatic heterocycles. The Morgan fingerprint density at radius 3 is 2.73 bits per heavy atom. The van der Waals surface area contributed by atoms with Gasteiger partial charge >= 0.3 is 0 Å². The molecule has 1 fully saturated rings. The van der Waals surface area contributed by atoms with E-state index in [1.54, 1.807) is 0 Å². The van der Waals surface area contributed by atoms with Crippen LogP contribution in [0.4, 0.5) is 0 Å². The molecule has 3 heteroatoms. The zero-order chi connectivity index (χ0) is 8.27. The van der Waals surface area contributed by atoms with Crippen LogP contribution in [0.15, 0.2) is 0 Å². The summed E-state index contributed by atoms with van der Waals surface area (Å²) in [5.41, 5.74) is 0. The topological polar surface area (TPSA) is 32.3 Å². The molecule has 0 aromatic rings. The minimum absolute atomic E-state index is 0.377. The van der Waals surface area contributed by atoms with Crippen molar-refractivity contribution in [1.82, 2.24) is 10.2 Å². The second kappa shape index (κ2) is 3.72. The van der Waals surface area contributed by atoms with E-state index in [1.807, 2.05) is 0 Å². The predicted octanol–water partition coefficient (Wildman–Crippen LogP) is 0.215. The lowest BCUT2D eigenvalue weighted by molar-refractivity contribution is -0.110. The number of nitrogens with one attached hydrogen (secondary N) is 1. The molecule has 11 heavy (non-hydrogen) atoms. The maximum absolute atomic E-state index is 10.2.